The van der Waals surface area contributed by atoms with Gasteiger partial charge in [-0.3, -0.25) is 4.98 Å². The average molecular weight is 263 g/mol. The largest absolute Gasteiger partial charge is 0.399 e. The van der Waals surface area contributed by atoms with E-state index in [0.29, 0.717) is 0 Å². The van der Waals surface area contributed by atoms with Gasteiger partial charge in [0.15, 0.2) is 0 Å². The van der Waals surface area contributed by atoms with E-state index in [9.17, 15) is 0 Å². The lowest BCUT2D eigenvalue weighted by molar-refractivity contribution is 1.25. The summed E-state index contributed by atoms with van der Waals surface area (Å²) < 4.78 is 0. The molecule has 0 spiro atoms. The quantitative estimate of drug-likeness (QED) is 0.682. The number of nitrogen functional groups attached to an aromatic ring is 1. The molecule has 0 aliphatic rings. The Labute approximate surface area is 118 Å². The van der Waals surface area contributed by atoms with E-state index in [1.165, 1.54) is 5.56 Å². The van der Waals surface area contributed by atoms with E-state index in [1.54, 1.807) is 0 Å². The van der Waals surface area contributed by atoms with Crippen LogP contribution in [0.1, 0.15) is 11.3 Å². The van der Waals surface area contributed by atoms with Gasteiger partial charge in [0.25, 0.3) is 0 Å². The minimum Gasteiger partial charge on any atom is -0.399 e. The molecule has 0 atom stereocenters. The number of aromatic nitrogens is 1. The first-order valence-corrected chi connectivity index (χ1v) is 6.62. The Hall–Kier alpha value is -2.55. The molecule has 100 valence electrons. The number of benzene rings is 2. The van der Waals surface area contributed by atoms with Crippen LogP contribution in [-0.2, 0) is 0 Å². The summed E-state index contributed by atoms with van der Waals surface area (Å²) >= 11 is 0. The number of fused-ring (bicyclic) bond motifs is 1. The first kappa shape index (κ1) is 12.5. The van der Waals surface area contributed by atoms with Gasteiger partial charge in [-0.05, 0) is 56.3 Å². The highest BCUT2D eigenvalue weighted by Crippen LogP contribution is 2.27. The van der Waals surface area contributed by atoms with Gasteiger partial charge >= 0.3 is 0 Å². The molecule has 3 rings (SSSR count). The fraction of sp³-hybridized carbons (Fsp3) is 0.118. The van der Waals surface area contributed by atoms with Crippen molar-refractivity contribution in [3.05, 3.63) is 59.8 Å². The average Bonchev–Trinajstić information content (AvgIpc) is 2.42. The Kier molecular flexibility index (Phi) is 3.03. The molecule has 3 nitrogen and oxygen atoms in total. The second-order valence-corrected chi connectivity index (χ2v) is 5.08. The van der Waals surface area contributed by atoms with Crippen LogP contribution in [0.25, 0.3) is 10.9 Å². The van der Waals surface area contributed by atoms with Crippen LogP contribution in [-0.4, -0.2) is 4.98 Å². The van der Waals surface area contributed by atoms with E-state index in [1.807, 2.05) is 31.2 Å². The van der Waals surface area contributed by atoms with Gasteiger partial charge < -0.3 is 11.1 Å². The van der Waals surface area contributed by atoms with Crippen molar-refractivity contribution in [1.29, 1.82) is 0 Å². The highest BCUT2D eigenvalue weighted by Gasteiger charge is 2.05. The molecule has 0 saturated carbocycles. The Balaban J connectivity index is 2.10. The van der Waals surface area contributed by atoms with Crippen molar-refractivity contribution in [2.75, 3.05) is 11.1 Å². The molecule has 3 aromatic rings. The maximum atomic E-state index is 5.72. The van der Waals surface area contributed by atoms with E-state index >= 15 is 0 Å². The minimum atomic E-state index is 0.766. The van der Waals surface area contributed by atoms with E-state index < -0.39 is 0 Å². The van der Waals surface area contributed by atoms with E-state index in [2.05, 4.69) is 41.5 Å². The van der Waals surface area contributed by atoms with E-state index in [4.69, 9.17) is 5.73 Å². The topological polar surface area (TPSA) is 50.9 Å². The van der Waals surface area contributed by atoms with E-state index in [0.717, 1.165) is 33.7 Å². The Morgan fingerprint density at radius 1 is 0.950 bits per heavy atom. The van der Waals surface area contributed by atoms with Crippen molar-refractivity contribution in [2.45, 2.75) is 13.8 Å². The van der Waals surface area contributed by atoms with Gasteiger partial charge in [-0.1, -0.05) is 11.6 Å². The van der Waals surface area contributed by atoms with Crippen LogP contribution in [0.15, 0.2) is 48.5 Å². The number of anilines is 3. The fourth-order valence-electron chi connectivity index (χ4n) is 2.30. The molecule has 0 saturated heterocycles. The summed E-state index contributed by atoms with van der Waals surface area (Å²) in [5.74, 6) is 0. The molecule has 0 unspecified atom stereocenters. The van der Waals surface area contributed by atoms with Crippen molar-refractivity contribution in [1.82, 2.24) is 4.98 Å². The van der Waals surface area contributed by atoms with Gasteiger partial charge in [-0.2, -0.15) is 0 Å². The molecule has 0 bridgehead atoms. The molecule has 0 aliphatic carbocycles. The maximum absolute atomic E-state index is 5.72. The third-order valence-electron chi connectivity index (χ3n) is 3.28. The predicted octanol–water partition coefficient (Wildman–Crippen LogP) is 4.18. The number of hydrogen-bond acceptors (Lipinski definition) is 3. The van der Waals surface area contributed by atoms with Gasteiger partial charge in [-0.15, -0.1) is 0 Å². The Morgan fingerprint density at radius 2 is 1.70 bits per heavy atom. The monoisotopic (exact) mass is 263 g/mol. The van der Waals surface area contributed by atoms with Crippen molar-refractivity contribution < 1.29 is 0 Å². The molecule has 2 aromatic carbocycles. The number of nitrogens with one attached hydrogen (secondary N) is 1. The van der Waals surface area contributed by atoms with Crippen LogP contribution in [0.4, 0.5) is 17.1 Å². The maximum Gasteiger partial charge on any atom is 0.0726 e. The molecule has 20 heavy (non-hydrogen) atoms. The third kappa shape index (κ3) is 2.43. The summed E-state index contributed by atoms with van der Waals surface area (Å²) in [5, 5.41) is 4.58. The summed E-state index contributed by atoms with van der Waals surface area (Å²) in [7, 11) is 0. The van der Waals surface area contributed by atoms with Crippen molar-refractivity contribution >= 4 is 28.0 Å². The molecule has 0 amide bonds. The lowest BCUT2D eigenvalue weighted by atomic mass is 10.1. The van der Waals surface area contributed by atoms with Gasteiger partial charge in [0.05, 0.1) is 5.52 Å². The number of pyridine rings is 1. The second kappa shape index (κ2) is 4.85. The first-order valence-electron chi connectivity index (χ1n) is 6.62. The number of aryl methyl sites for hydroxylation is 2. The summed E-state index contributed by atoms with van der Waals surface area (Å²) in [6.45, 7) is 4.10. The molecule has 1 aromatic heterocycles. The summed E-state index contributed by atoms with van der Waals surface area (Å²) in [6.07, 6.45) is 0. The Bertz CT molecular complexity index is 761. The van der Waals surface area contributed by atoms with Crippen LogP contribution < -0.4 is 11.1 Å². The lowest BCUT2D eigenvalue weighted by Gasteiger charge is -2.11. The molecule has 3 heteroatoms. The zero-order valence-corrected chi connectivity index (χ0v) is 11.6. The molecule has 3 N–H and O–H groups in total. The minimum absolute atomic E-state index is 0.766. The highest BCUT2D eigenvalue weighted by atomic mass is 14.9. The van der Waals surface area contributed by atoms with Gasteiger partial charge in [0, 0.05) is 28.1 Å². The Morgan fingerprint density at radius 3 is 2.45 bits per heavy atom. The van der Waals surface area contributed by atoms with Crippen LogP contribution >= 0.6 is 0 Å². The van der Waals surface area contributed by atoms with Crippen LogP contribution in [0.2, 0.25) is 0 Å². The first-order chi connectivity index (χ1) is 9.61. The SMILES string of the molecule is Cc1ccc2nc(C)cc(Nc3ccc(N)cc3)c2c1. The molecule has 0 radical (unpaired) electrons. The standard InChI is InChI=1S/C17H17N3/c1-11-3-8-16-15(9-11)17(10-12(2)19-16)20-14-6-4-13(18)5-7-14/h3-10H,18H2,1-2H3,(H,19,20). The number of rotatable bonds is 2. The fourth-order valence-corrected chi connectivity index (χ4v) is 2.30. The second-order valence-electron chi connectivity index (χ2n) is 5.08. The van der Waals surface area contributed by atoms with E-state index in [-0.39, 0.29) is 0 Å². The van der Waals surface area contributed by atoms with Crippen molar-refractivity contribution in [3.8, 4) is 0 Å². The summed E-state index contributed by atoms with van der Waals surface area (Å²) in [4.78, 5) is 4.57. The summed E-state index contributed by atoms with van der Waals surface area (Å²) in [5.41, 5.74) is 11.8. The zero-order valence-electron chi connectivity index (χ0n) is 11.6. The van der Waals surface area contributed by atoms with Crippen LogP contribution in [0, 0.1) is 13.8 Å². The highest BCUT2D eigenvalue weighted by molar-refractivity contribution is 5.93. The van der Waals surface area contributed by atoms with Crippen LogP contribution in [0.3, 0.4) is 0 Å². The summed E-state index contributed by atoms with van der Waals surface area (Å²) in [6, 6.07) is 16.1. The lowest BCUT2D eigenvalue weighted by Crippen LogP contribution is -1.95. The molecule has 1 heterocycles. The van der Waals surface area contributed by atoms with Gasteiger partial charge in [0.2, 0.25) is 0 Å². The number of nitrogens with zero attached hydrogens (tertiary/aromatic N) is 1. The zero-order chi connectivity index (χ0) is 14.1. The molecular formula is C17H17N3. The molecular weight excluding hydrogens is 246 g/mol. The third-order valence-corrected chi connectivity index (χ3v) is 3.28. The van der Waals surface area contributed by atoms with Crippen molar-refractivity contribution in [2.24, 2.45) is 0 Å². The number of nitrogens with two attached hydrogens (primary N) is 1. The molecule has 0 fully saturated rings. The van der Waals surface area contributed by atoms with Crippen molar-refractivity contribution in [3.63, 3.8) is 0 Å². The molecule has 0 aliphatic heterocycles. The van der Waals surface area contributed by atoms with Gasteiger partial charge in [0.1, 0.15) is 0 Å². The van der Waals surface area contributed by atoms with Crippen LogP contribution in [0.5, 0.6) is 0 Å². The predicted molar refractivity (Wildman–Crippen MR) is 85.4 cm³/mol. The number of hydrogen-bond donors (Lipinski definition) is 2. The normalized spacial score (nSPS) is 10.7. The smallest absolute Gasteiger partial charge is 0.0726 e. The van der Waals surface area contributed by atoms with Gasteiger partial charge in [-0.25, -0.2) is 0 Å².